The van der Waals surface area contributed by atoms with E-state index in [4.69, 9.17) is 11.6 Å². The highest BCUT2D eigenvalue weighted by atomic mass is 79.9. The number of rotatable bonds is 1. The molecule has 0 unspecified atom stereocenters. The number of halogens is 2. The lowest BCUT2D eigenvalue weighted by Crippen LogP contribution is -2.26. The zero-order valence-corrected chi connectivity index (χ0v) is 11.5. The molecule has 0 N–H and O–H groups in total. The van der Waals surface area contributed by atoms with E-state index in [0.29, 0.717) is 6.00 Å². The van der Waals surface area contributed by atoms with Crippen LogP contribution in [-0.4, -0.2) is 16.3 Å². The van der Waals surface area contributed by atoms with E-state index in [9.17, 15) is 0 Å². The molecule has 1 nitrogen and oxygen atoms in total. The third kappa shape index (κ3) is 1.55. The molecule has 0 saturated carbocycles. The quantitative estimate of drug-likeness (QED) is 0.417. The van der Waals surface area contributed by atoms with Gasteiger partial charge in [-0.05, 0) is 26.0 Å². The van der Waals surface area contributed by atoms with Gasteiger partial charge in [-0.25, -0.2) is 0 Å². The van der Waals surface area contributed by atoms with Gasteiger partial charge in [0, 0.05) is 23.0 Å². The number of nitrogens with zero attached hydrogens (tertiary/aromatic N) is 1. The van der Waals surface area contributed by atoms with Crippen LogP contribution >= 0.6 is 27.5 Å². The summed E-state index contributed by atoms with van der Waals surface area (Å²) in [7, 11) is 0. The molecule has 1 aromatic rings. The normalized spacial score (nSPS) is 18.2. The van der Waals surface area contributed by atoms with Gasteiger partial charge < -0.3 is 0 Å². The molecule has 1 heterocycles. The molecule has 0 aromatic heterocycles. The van der Waals surface area contributed by atoms with Gasteiger partial charge >= 0.3 is 0 Å². The second-order valence-electron chi connectivity index (χ2n) is 4.42. The highest BCUT2D eigenvalue weighted by Gasteiger charge is 2.42. The van der Waals surface area contributed by atoms with Crippen LogP contribution in [0.4, 0.5) is 5.69 Å². The fraction of sp³-hybridized carbons (Fsp3) is 0.417. The number of hydrogen-bond donors (Lipinski definition) is 0. The molecule has 0 atom stereocenters. The van der Waals surface area contributed by atoms with Gasteiger partial charge in [0.25, 0.3) is 0 Å². The van der Waals surface area contributed by atoms with Crippen LogP contribution in [0.15, 0.2) is 22.7 Å². The van der Waals surface area contributed by atoms with Crippen LogP contribution in [0, 0.1) is 0 Å². The Balaban J connectivity index is 2.70. The topological polar surface area (TPSA) is 3.01 Å². The lowest BCUT2D eigenvalue weighted by molar-refractivity contribution is -0.417. The van der Waals surface area contributed by atoms with E-state index in [0.717, 1.165) is 4.47 Å². The van der Waals surface area contributed by atoms with Crippen LogP contribution in [-0.2, 0) is 5.41 Å². The van der Waals surface area contributed by atoms with Crippen molar-refractivity contribution in [2.45, 2.75) is 26.2 Å². The molecule has 3 heteroatoms. The predicted molar refractivity (Wildman–Crippen MR) is 68.5 cm³/mol. The lowest BCUT2D eigenvalue weighted by atomic mass is 9.82. The summed E-state index contributed by atoms with van der Waals surface area (Å²) in [5, 5.41) is 0. The van der Waals surface area contributed by atoms with Gasteiger partial charge in [-0.2, -0.15) is 4.58 Å². The standard InChI is InChI=1S/C12H14BrClN/c1-8-12(2,3)10-6-9(13)4-5-11(10)15(8)7-14/h4-6H,7H2,1-3H3/q+1. The summed E-state index contributed by atoms with van der Waals surface area (Å²) < 4.78 is 3.29. The van der Waals surface area contributed by atoms with Crippen LogP contribution in [0.1, 0.15) is 26.3 Å². The average molecular weight is 288 g/mol. The first-order valence-electron chi connectivity index (χ1n) is 4.96. The van der Waals surface area contributed by atoms with Gasteiger partial charge in [0.05, 0.1) is 5.41 Å². The summed E-state index contributed by atoms with van der Waals surface area (Å²) in [4.78, 5) is 0. The Kier molecular flexibility index (Phi) is 2.68. The molecule has 80 valence electrons. The second kappa shape index (κ2) is 3.60. The number of benzene rings is 1. The highest BCUT2D eigenvalue weighted by molar-refractivity contribution is 9.10. The highest BCUT2D eigenvalue weighted by Crippen LogP contribution is 2.40. The first-order valence-corrected chi connectivity index (χ1v) is 6.29. The summed E-state index contributed by atoms with van der Waals surface area (Å²) in [5.41, 5.74) is 3.96. The van der Waals surface area contributed by atoms with Crippen molar-refractivity contribution < 1.29 is 4.58 Å². The minimum Gasteiger partial charge on any atom is -0.184 e. The number of hydrogen-bond acceptors (Lipinski definition) is 0. The lowest BCUT2D eigenvalue weighted by Gasteiger charge is -2.14. The predicted octanol–water partition coefficient (Wildman–Crippen LogP) is 4.04. The summed E-state index contributed by atoms with van der Waals surface area (Å²) in [6.45, 7) is 6.62. The van der Waals surface area contributed by atoms with E-state index in [-0.39, 0.29) is 5.41 Å². The van der Waals surface area contributed by atoms with Crippen molar-refractivity contribution in [3.8, 4) is 0 Å². The fourth-order valence-electron chi connectivity index (χ4n) is 2.11. The Bertz CT molecular complexity index is 449. The Morgan fingerprint density at radius 3 is 2.67 bits per heavy atom. The first kappa shape index (κ1) is 11.2. The van der Waals surface area contributed by atoms with Gasteiger partial charge in [0.1, 0.15) is 0 Å². The first-order chi connectivity index (χ1) is 6.98. The van der Waals surface area contributed by atoms with Crippen LogP contribution < -0.4 is 0 Å². The molecule has 0 aliphatic carbocycles. The zero-order chi connectivity index (χ0) is 11.2. The molecular formula is C12H14BrClN+. The molecule has 15 heavy (non-hydrogen) atoms. The summed E-state index contributed by atoms with van der Waals surface area (Å²) >= 11 is 9.51. The monoisotopic (exact) mass is 286 g/mol. The number of fused-ring (bicyclic) bond motifs is 1. The van der Waals surface area contributed by atoms with Gasteiger partial charge in [0.15, 0.2) is 5.71 Å². The summed E-state index contributed by atoms with van der Waals surface area (Å²) in [5.74, 6) is 0. The maximum atomic E-state index is 5.99. The maximum absolute atomic E-state index is 5.99. The Morgan fingerprint density at radius 2 is 2.07 bits per heavy atom. The number of alkyl halides is 1. The van der Waals surface area contributed by atoms with Crippen LogP contribution in [0.3, 0.4) is 0 Å². The summed E-state index contributed by atoms with van der Waals surface area (Å²) in [6.07, 6.45) is 0. The van der Waals surface area contributed by atoms with E-state index < -0.39 is 0 Å². The molecular weight excluding hydrogens is 273 g/mol. The molecule has 0 amide bonds. The van der Waals surface area contributed by atoms with Crippen molar-refractivity contribution in [1.82, 2.24) is 0 Å². The molecule has 1 aliphatic rings. The van der Waals surface area contributed by atoms with Gasteiger partial charge in [0.2, 0.25) is 11.7 Å². The molecule has 0 radical (unpaired) electrons. The SMILES string of the molecule is CC1=[N+](CCl)c2ccc(Br)cc2C1(C)C. The Labute approximate surface area is 104 Å². The fourth-order valence-corrected chi connectivity index (χ4v) is 2.78. The van der Waals surface area contributed by atoms with E-state index in [1.807, 2.05) is 0 Å². The van der Waals surface area contributed by atoms with Crippen molar-refractivity contribution in [3.63, 3.8) is 0 Å². The van der Waals surface area contributed by atoms with Gasteiger partial charge in [-0.3, -0.25) is 0 Å². The van der Waals surface area contributed by atoms with Crippen molar-refractivity contribution in [3.05, 3.63) is 28.2 Å². The van der Waals surface area contributed by atoms with E-state index in [2.05, 4.69) is 59.5 Å². The molecule has 1 aliphatic heterocycles. The smallest absolute Gasteiger partial charge is 0.184 e. The van der Waals surface area contributed by atoms with Gasteiger partial charge in [-0.15, -0.1) is 0 Å². The zero-order valence-electron chi connectivity index (χ0n) is 9.14. The Hall–Kier alpha value is -0.340. The van der Waals surface area contributed by atoms with Crippen LogP contribution in [0.5, 0.6) is 0 Å². The molecule has 1 aromatic carbocycles. The largest absolute Gasteiger partial charge is 0.223 e. The van der Waals surface area contributed by atoms with Crippen LogP contribution in [0.2, 0.25) is 0 Å². The van der Waals surface area contributed by atoms with Gasteiger partial charge in [-0.1, -0.05) is 27.5 Å². The third-order valence-corrected chi connectivity index (χ3v) is 4.08. The van der Waals surface area contributed by atoms with Crippen molar-refractivity contribution in [1.29, 1.82) is 0 Å². The maximum Gasteiger partial charge on any atom is 0.223 e. The van der Waals surface area contributed by atoms with Crippen molar-refractivity contribution in [2.24, 2.45) is 0 Å². The minimum absolute atomic E-state index is 0.0774. The van der Waals surface area contributed by atoms with Crippen molar-refractivity contribution >= 4 is 38.9 Å². The summed E-state index contributed by atoms with van der Waals surface area (Å²) in [6, 6.07) is 6.89. The molecule has 0 spiro atoms. The minimum atomic E-state index is 0.0774. The molecule has 0 fully saturated rings. The van der Waals surface area contributed by atoms with E-state index >= 15 is 0 Å². The van der Waals surface area contributed by atoms with Crippen molar-refractivity contribution in [2.75, 3.05) is 6.00 Å². The van der Waals surface area contributed by atoms with E-state index in [1.165, 1.54) is 17.0 Å². The molecule has 0 bridgehead atoms. The third-order valence-electron chi connectivity index (χ3n) is 3.35. The molecule has 2 rings (SSSR count). The van der Waals surface area contributed by atoms with E-state index in [1.54, 1.807) is 0 Å². The second-order valence-corrected chi connectivity index (χ2v) is 5.57. The molecule has 0 saturated heterocycles. The Morgan fingerprint density at radius 1 is 1.40 bits per heavy atom. The average Bonchev–Trinajstić information content (AvgIpc) is 2.37. The van der Waals surface area contributed by atoms with Crippen LogP contribution in [0.25, 0.3) is 0 Å².